The van der Waals surface area contributed by atoms with E-state index in [-0.39, 0.29) is 5.75 Å². The van der Waals surface area contributed by atoms with Crippen LogP contribution in [0.4, 0.5) is 0 Å². The van der Waals surface area contributed by atoms with Crippen LogP contribution in [0.3, 0.4) is 0 Å². The number of aromatic nitrogens is 1. The van der Waals surface area contributed by atoms with Crippen LogP contribution in [-0.4, -0.2) is 10.1 Å². The van der Waals surface area contributed by atoms with Crippen molar-refractivity contribution in [2.45, 2.75) is 13.2 Å². The molecule has 0 spiro atoms. The molecule has 1 aliphatic rings. The summed E-state index contributed by atoms with van der Waals surface area (Å²) in [5.41, 5.74) is 1.94. The Hall–Kier alpha value is -1.09. The van der Waals surface area contributed by atoms with Crippen LogP contribution in [0.15, 0.2) is 12.3 Å². The summed E-state index contributed by atoms with van der Waals surface area (Å²) in [5, 5.41) is 8.98. The third-order valence-corrected chi connectivity index (χ3v) is 1.54. The fourth-order valence-electron chi connectivity index (χ4n) is 1.04. The van der Waals surface area contributed by atoms with Gasteiger partial charge in [-0.2, -0.15) is 0 Å². The van der Waals surface area contributed by atoms with E-state index in [1.807, 2.05) is 0 Å². The molecule has 10 heavy (non-hydrogen) atoms. The molecule has 1 aliphatic heterocycles. The smallest absolute Gasteiger partial charge is 0.134 e. The van der Waals surface area contributed by atoms with Crippen molar-refractivity contribution >= 4 is 0 Å². The lowest BCUT2D eigenvalue weighted by Crippen LogP contribution is -1.85. The van der Waals surface area contributed by atoms with Crippen LogP contribution in [0, 0.1) is 0 Å². The Morgan fingerprint density at radius 3 is 3.30 bits per heavy atom. The van der Waals surface area contributed by atoms with Gasteiger partial charge in [0.25, 0.3) is 0 Å². The monoisotopic (exact) mass is 137 g/mol. The fraction of sp³-hybridized carbons (Fsp3) is 0.286. The summed E-state index contributed by atoms with van der Waals surface area (Å²) in [4.78, 5) is 3.98. The molecule has 0 aliphatic carbocycles. The topological polar surface area (TPSA) is 42.4 Å². The molecule has 1 aromatic rings. The van der Waals surface area contributed by atoms with Gasteiger partial charge in [0.05, 0.1) is 25.1 Å². The maximum atomic E-state index is 8.98. The van der Waals surface area contributed by atoms with Gasteiger partial charge in [0.1, 0.15) is 5.75 Å². The van der Waals surface area contributed by atoms with Crippen LogP contribution in [0.5, 0.6) is 5.75 Å². The highest BCUT2D eigenvalue weighted by atomic mass is 16.5. The summed E-state index contributed by atoms with van der Waals surface area (Å²) >= 11 is 0. The van der Waals surface area contributed by atoms with E-state index < -0.39 is 0 Å². The molecular weight excluding hydrogens is 130 g/mol. The van der Waals surface area contributed by atoms with Gasteiger partial charge in [-0.25, -0.2) is 0 Å². The minimum atomic E-state index is 0.212. The Balaban J connectivity index is 2.52. The normalized spacial score (nSPS) is 15.2. The number of aromatic hydroxyl groups is 1. The number of nitrogens with zero attached hydrogens (tertiary/aromatic N) is 1. The second-order valence-corrected chi connectivity index (χ2v) is 2.29. The van der Waals surface area contributed by atoms with Crippen molar-refractivity contribution in [1.82, 2.24) is 4.98 Å². The van der Waals surface area contributed by atoms with Crippen LogP contribution in [0.25, 0.3) is 0 Å². The SMILES string of the molecule is Oc1cnc2c(c1)COC2. The van der Waals surface area contributed by atoms with Crippen molar-refractivity contribution in [3.63, 3.8) is 0 Å². The lowest BCUT2D eigenvalue weighted by Gasteiger charge is -1.94. The third-order valence-electron chi connectivity index (χ3n) is 1.54. The highest BCUT2D eigenvalue weighted by Gasteiger charge is 2.11. The van der Waals surface area contributed by atoms with Crippen LogP contribution in [0.2, 0.25) is 0 Å². The molecule has 2 rings (SSSR count). The summed E-state index contributed by atoms with van der Waals surface area (Å²) < 4.78 is 5.10. The first-order valence-electron chi connectivity index (χ1n) is 3.11. The third kappa shape index (κ3) is 0.752. The summed E-state index contributed by atoms with van der Waals surface area (Å²) in [6.45, 7) is 1.16. The van der Waals surface area contributed by atoms with Gasteiger partial charge >= 0.3 is 0 Å². The van der Waals surface area contributed by atoms with Crippen molar-refractivity contribution in [3.05, 3.63) is 23.5 Å². The average Bonchev–Trinajstić information content (AvgIpc) is 2.33. The standard InChI is InChI=1S/C7H7NO2/c9-6-1-5-3-10-4-7(5)8-2-6/h1-2,9H,3-4H2. The molecular formula is C7H7NO2. The second-order valence-electron chi connectivity index (χ2n) is 2.29. The Labute approximate surface area is 58.3 Å². The zero-order valence-corrected chi connectivity index (χ0v) is 5.37. The van der Waals surface area contributed by atoms with Gasteiger partial charge < -0.3 is 9.84 Å². The van der Waals surface area contributed by atoms with Gasteiger partial charge in [-0.05, 0) is 6.07 Å². The fourth-order valence-corrected chi connectivity index (χ4v) is 1.04. The van der Waals surface area contributed by atoms with Crippen LogP contribution in [0.1, 0.15) is 11.3 Å². The minimum Gasteiger partial charge on any atom is -0.506 e. The molecule has 1 aromatic heterocycles. The lowest BCUT2D eigenvalue weighted by molar-refractivity contribution is 0.133. The van der Waals surface area contributed by atoms with Gasteiger partial charge in [-0.3, -0.25) is 4.98 Å². The molecule has 0 saturated heterocycles. The Morgan fingerprint density at radius 1 is 1.50 bits per heavy atom. The number of ether oxygens (including phenoxy) is 1. The molecule has 0 saturated carbocycles. The zero-order chi connectivity index (χ0) is 6.97. The average molecular weight is 137 g/mol. The summed E-state index contributed by atoms with van der Waals surface area (Å²) in [6, 6.07) is 1.69. The molecule has 0 unspecified atom stereocenters. The van der Waals surface area contributed by atoms with Crippen LogP contribution in [-0.2, 0) is 18.0 Å². The lowest BCUT2D eigenvalue weighted by atomic mass is 10.2. The van der Waals surface area contributed by atoms with Crippen LogP contribution >= 0.6 is 0 Å². The predicted octanol–water partition coefficient (Wildman–Crippen LogP) is 0.817. The molecule has 1 N–H and O–H groups in total. The number of fused-ring (bicyclic) bond motifs is 1. The molecule has 0 atom stereocenters. The summed E-state index contributed by atoms with van der Waals surface area (Å²) in [5.74, 6) is 0.212. The van der Waals surface area contributed by atoms with Gasteiger partial charge in [0.2, 0.25) is 0 Å². The molecule has 0 fully saturated rings. The van der Waals surface area contributed by atoms with Crippen LogP contribution < -0.4 is 0 Å². The number of hydrogen-bond acceptors (Lipinski definition) is 3. The number of rotatable bonds is 0. The number of hydrogen-bond donors (Lipinski definition) is 1. The highest BCUT2D eigenvalue weighted by Crippen LogP contribution is 2.20. The van der Waals surface area contributed by atoms with Crippen molar-refractivity contribution in [2.75, 3.05) is 0 Å². The molecule has 0 bridgehead atoms. The van der Waals surface area contributed by atoms with Crippen molar-refractivity contribution in [3.8, 4) is 5.75 Å². The highest BCUT2D eigenvalue weighted by molar-refractivity contribution is 5.29. The van der Waals surface area contributed by atoms with E-state index in [2.05, 4.69) is 4.98 Å². The molecule has 3 heteroatoms. The van der Waals surface area contributed by atoms with E-state index in [9.17, 15) is 0 Å². The quantitative estimate of drug-likeness (QED) is 0.575. The second kappa shape index (κ2) is 1.95. The van der Waals surface area contributed by atoms with Crippen molar-refractivity contribution in [2.24, 2.45) is 0 Å². The minimum absolute atomic E-state index is 0.212. The maximum absolute atomic E-state index is 8.98. The Bertz CT molecular complexity index is 260. The first kappa shape index (κ1) is 5.68. The Kier molecular flexibility index (Phi) is 1.11. The van der Waals surface area contributed by atoms with Gasteiger partial charge in [0, 0.05) is 5.56 Å². The molecule has 2 heterocycles. The maximum Gasteiger partial charge on any atom is 0.134 e. The Morgan fingerprint density at radius 2 is 2.40 bits per heavy atom. The van der Waals surface area contributed by atoms with Gasteiger partial charge in [-0.1, -0.05) is 0 Å². The number of pyridine rings is 1. The first-order valence-corrected chi connectivity index (χ1v) is 3.11. The molecule has 52 valence electrons. The van der Waals surface area contributed by atoms with E-state index >= 15 is 0 Å². The summed E-state index contributed by atoms with van der Waals surface area (Å²) in [7, 11) is 0. The molecule has 0 aromatic carbocycles. The van der Waals surface area contributed by atoms with Gasteiger partial charge in [-0.15, -0.1) is 0 Å². The van der Waals surface area contributed by atoms with Crippen molar-refractivity contribution in [1.29, 1.82) is 0 Å². The van der Waals surface area contributed by atoms with Gasteiger partial charge in [0.15, 0.2) is 0 Å². The van der Waals surface area contributed by atoms with E-state index in [1.54, 1.807) is 6.07 Å². The van der Waals surface area contributed by atoms with E-state index in [0.29, 0.717) is 13.2 Å². The predicted molar refractivity (Wildman–Crippen MR) is 34.4 cm³/mol. The van der Waals surface area contributed by atoms with E-state index in [4.69, 9.17) is 9.84 Å². The zero-order valence-electron chi connectivity index (χ0n) is 5.37. The largest absolute Gasteiger partial charge is 0.506 e. The van der Waals surface area contributed by atoms with E-state index in [0.717, 1.165) is 11.3 Å². The first-order chi connectivity index (χ1) is 4.86. The molecule has 0 amide bonds. The molecule has 3 nitrogen and oxygen atoms in total. The molecule has 0 radical (unpaired) electrons. The van der Waals surface area contributed by atoms with E-state index in [1.165, 1.54) is 6.20 Å². The van der Waals surface area contributed by atoms with Crippen molar-refractivity contribution < 1.29 is 9.84 Å². The summed E-state index contributed by atoms with van der Waals surface area (Å²) in [6.07, 6.45) is 1.44.